The number of benzene rings is 1. The number of aromatic hydroxyl groups is 1. The van der Waals surface area contributed by atoms with Crippen molar-refractivity contribution in [1.29, 1.82) is 0 Å². The molecule has 0 bridgehead atoms. The van der Waals surface area contributed by atoms with E-state index in [0.29, 0.717) is 23.8 Å². The maximum atomic E-state index is 12.4. The first-order chi connectivity index (χ1) is 9.02. The minimum Gasteiger partial charge on any atom is -0.508 e. The van der Waals surface area contributed by atoms with Crippen molar-refractivity contribution in [2.45, 2.75) is 20.8 Å². The van der Waals surface area contributed by atoms with Gasteiger partial charge < -0.3 is 14.4 Å². The zero-order valence-corrected chi connectivity index (χ0v) is 11.3. The topological polar surface area (TPSA) is 53.7 Å². The Morgan fingerprint density at radius 3 is 2.58 bits per heavy atom. The van der Waals surface area contributed by atoms with Crippen LogP contribution in [0, 0.1) is 13.8 Å². The lowest BCUT2D eigenvalue weighted by molar-refractivity contribution is 0.0960. The highest BCUT2D eigenvalue weighted by molar-refractivity contribution is 6.04. The zero-order chi connectivity index (χ0) is 14.0. The van der Waals surface area contributed by atoms with Gasteiger partial charge in [-0.05, 0) is 44.5 Å². The Balaban J connectivity index is 2.39. The average molecular weight is 259 g/mol. The Morgan fingerprint density at radius 1 is 1.26 bits per heavy atom. The summed E-state index contributed by atoms with van der Waals surface area (Å²) < 4.78 is 5.37. The lowest BCUT2D eigenvalue weighted by Gasteiger charge is -2.22. The third-order valence-corrected chi connectivity index (χ3v) is 3.00. The molecule has 0 fully saturated rings. The van der Waals surface area contributed by atoms with E-state index < -0.39 is 0 Å². The van der Waals surface area contributed by atoms with Crippen molar-refractivity contribution in [3.05, 3.63) is 47.4 Å². The van der Waals surface area contributed by atoms with Crippen molar-refractivity contribution in [3.63, 3.8) is 0 Å². The summed E-state index contributed by atoms with van der Waals surface area (Å²) in [7, 11) is 0. The number of rotatable bonds is 3. The molecule has 0 aliphatic heterocycles. The second-order valence-corrected chi connectivity index (χ2v) is 4.43. The molecule has 1 heterocycles. The number of carbonyl (C=O) groups is 1. The molecule has 1 aromatic heterocycles. The number of anilines is 1. The normalized spacial score (nSPS) is 10.5. The van der Waals surface area contributed by atoms with E-state index in [-0.39, 0.29) is 11.7 Å². The van der Waals surface area contributed by atoms with E-state index in [4.69, 9.17) is 4.42 Å². The summed E-state index contributed by atoms with van der Waals surface area (Å²) in [4.78, 5) is 14.0. The van der Waals surface area contributed by atoms with Gasteiger partial charge in [-0.25, -0.2) is 0 Å². The lowest BCUT2D eigenvalue weighted by atomic mass is 10.1. The number of phenolic OH excluding ortho intramolecular Hbond substituents is 1. The molecule has 0 atom stereocenters. The van der Waals surface area contributed by atoms with Crippen molar-refractivity contribution in [3.8, 4) is 5.75 Å². The molecule has 0 radical (unpaired) electrons. The second-order valence-electron chi connectivity index (χ2n) is 4.43. The first-order valence-corrected chi connectivity index (χ1v) is 6.21. The minimum absolute atomic E-state index is 0.141. The Hall–Kier alpha value is -2.23. The maximum absolute atomic E-state index is 12.4. The minimum atomic E-state index is -0.204. The first-order valence-electron chi connectivity index (χ1n) is 6.21. The highest BCUT2D eigenvalue weighted by Gasteiger charge is 2.20. The van der Waals surface area contributed by atoms with Crippen LogP contribution in [-0.2, 0) is 0 Å². The van der Waals surface area contributed by atoms with Gasteiger partial charge in [0.25, 0.3) is 5.91 Å². The van der Waals surface area contributed by atoms with Crippen LogP contribution in [0.1, 0.15) is 28.8 Å². The Kier molecular flexibility index (Phi) is 3.60. The molecule has 0 unspecified atom stereocenters. The molecule has 0 saturated heterocycles. The summed E-state index contributed by atoms with van der Waals surface area (Å²) in [6, 6.07) is 8.41. The summed E-state index contributed by atoms with van der Waals surface area (Å²) in [5.74, 6) is 0.945. The van der Waals surface area contributed by atoms with Crippen LogP contribution in [0.4, 0.5) is 5.69 Å². The smallest absolute Gasteiger partial charge is 0.293 e. The van der Waals surface area contributed by atoms with Crippen molar-refractivity contribution in [2.75, 3.05) is 11.4 Å². The van der Waals surface area contributed by atoms with Crippen LogP contribution in [0.15, 0.2) is 34.7 Å². The van der Waals surface area contributed by atoms with Gasteiger partial charge in [0.2, 0.25) is 0 Å². The van der Waals surface area contributed by atoms with Gasteiger partial charge in [-0.3, -0.25) is 4.79 Å². The molecule has 0 aliphatic carbocycles. The van der Waals surface area contributed by atoms with Crippen molar-refractivity contribution in [1.82, 2.24) is 0 Å². The quantitative estimate of drug-likeness (QED) is 0.920. The molecule has 19 heavy (non-hydrogen) atoms. The molecule has 0 aliphatic rings. The molecule has 0 saturated carbocycles. The summed E-state index contributed by atoms with van der Waals surface area (Å²) in [6.45, 7) is 6.09. The average Bonchev–Trinajstić information content (AvgIpc) is 2.81. The van der Waals surface area contributed by atoms with Crippen LogP contribution >= 0.6 is 0 Å². The van der Waals surface area contributed by atoms with Gasteiger partial charge in [-0.15, -0.1) is 0 Å². The van der Waals surface area contributed by atoms with Crippen LogP contribution in [0.2, 0.25) is 0 Å². The van der Waals surface area contributed by atoms with E-state index in [1.807, 2.05) is 13.8 Å². The predicted octanol–water partition coefficient (Wildman–Crippen LogP) is 3.27. The van der Waals surface area contributed by atoms with E-state index in [1.165, 1.54) is 0 Å². The Morgan fingerprint density at radius 2 is 2.00 bits per heavy atom. The number of aryl methyl sites for hydroxylation is 2. The van der Waals surface area contributed by atoms with E-state index in [1.54, 1.807) is 42.2 Å². The second kappa shape index (κ2) is 5.18. The monoisotopic (exact) mass is 259 g/mol. The number of carbonyl (C=O) groups excluding carboxylic acids is 1. The molecule has 1 amide bonds. The molecular formula is C15H17NO3. The number of hydrogen-bond donors (Lipinski definition) is 1. The third-order valence-electron chi connectivity index (χ3n) is 3.00. The molecule has 4 nitrogen and oxygen atoms in total. The van der Waals surface area contributed by atoms with Gasteiger partial charge in [-0.1, -0.05) is 6.07 Å². The number of hydrogen-bond acceptors (Lipinski definition) is 3. The van der Waals surface area contributed by atoms with E-state index >= 15 is 0 Å². The van der Waals surface area contributed by atoms with Crippen LogP contribution in [-0.4, -0.2) is 17.6 Å². The van der Waals surface area contributed by atoms with Gasteiger partial charge in [0.15, 0.2) is 5.76 Å². The van der Waals surface area contributed by atoms with Crippen LogP contribution in [0.25, 0.3) is 0 Å². The largest absolute Gasteiger partial charge is 0.508 e. The molecule has 1 N–H and O–H groups in total. The number of nitrogens with zero attached hydrogens (tertiary/aromatic N) is 1. The van der Waals surface area contributed by atoms with Crippen molar-refractivity contribution < 1.29 is 14.3 Å². The van der Waals surface area contributed by atoms with Gasteiger partial charge in [0, 0.05) is 12.6 Å². The third kappa shape index (κ3) is 2.62. The summed E-state index contributed by atoms with van der Waals surface area (Å²) in [5, 5.41) is 9.58. The standard InChI is InChI=1S/C15H17NO3/c1-4-16(13-9-12(17)7-5-10(13)2)15(18)14-8-6-11(3)19-14/h5-9,17H,4H2,1-3H3. The summed E-state index contributed by atoms with van der Waals surface area (Å²) in [6.07, 6.45) is 0. The van der Waals surface area contributed by atoms with Gasteiger partial charge >= 0.3 is 0 Å². The molecule has 4 heteroatoms. The van der Waals surface area contributed by atoms with Crippen molar-refractivity contribution >= 4 is 11.6 Å². The fourth-order valence-corrected chi connectivity index (χ4v) is 1.99. The SMILES string of the molecule is CCN(C(=O)c1ccc(C)o1)c1cc(O)ccc1C. The molecule has 2 rings (SSSR count). The van der Waals surface area contributed by atoms with E-state index in [9.17, 15) is 9.90 Å². The molecule has 100 valence electrons. The van der Waals surface area contributed by atoms with Crippen LogP contribution in [0.5, 0.6) is 5.75 Å². The molecule has 2 aromatic rings. The fourth-order valence-electron chi connectivity index (χ4n) is 1.99. The number of phenols is 1. The zero-order valence-electron chi connectivity index (χ0n) is 11.3. The highest BCUT2D eigenvalue weighted by atomic mass is 16.3. The lowest BCUT2D eigenvalue weighted by Crippen LogP contribution is -2.30. The van der Waals surface area contributed by atoms with E-state index in [0.717, 1.165) is 5.56 Å². The summed E-state index contributed by atoms with van der Waals surface area (Å²) >= 11 is 0. The Bertz CT molecular complexity index is 601. The summed E-state index contributed by atoms with van der Waals surface area (Å²) in [5.41, 5.74) is 1.62. The van der Waals surface area contributed by atoms with Crippen LogP contribution < -0.4 is 4.90 Å². The number of furan rings is 1. The molecular weight excluding hydrogens is 242 g/mol. The van der Waals surface area contributed by atoms with Gasteiger partial charge in [0.05, 0.1) is 5.69 Å². The van der Waals surface area contributed by atoms with Gasteiger partial charge in [-0.2, -0.15) is 0 Å². The molecule has 0 spiro atoms. The van der Waals surface area contributed by atoms with E-state index in [2.05, 4.69) is 0 Å². The molecule has 1 aromatic carbocycles. The van der Waals surface area contributed by atoms with Gasteiger partial charge in [0.1, 0.15) is 11.5 Å². The number of amides is 1. The maximum Gasteiger partial charge on any atom is 0.293 e. The Labute approximate surface area is 112 Å². The fraction of sp³-hybridized carbons (Fsp3) is 0.267. The first kappa shape index (κ1) is 13.2. The highest BCUT2D eigenvalue weighted by Crippen LogP contribution is 2.26. The van der Waals surface area contributed by atoms with Crippen molar-refractivity contribution in [2.24, 2.45) is 0 Å². The van der Waals surface area contributed by atoms with Crippen LogP contribution in [0.3, 0.4) is 0 Å². The predicted molar refractivity (Wildman–Crippen MR) is 73.6 cm³/mol.